The standard InChI is InChI=1S/C19H24FN5O2/c1-19(2,27)15-9-11(6-7-22-15)16-14(20)10-23-18(25-16)24-13-5-3-4-12(8-13)17(21)26/h6-7,9-10,12-13,27H,3-5,8H2,1-2H3,(H2,21,26)(H,23,24,25). The molecule has 0 spiro atoms. The average Bonchev–Trinajstić information content (AvgIpc) is 2.63. The summed E-state index contributed by atoms with van der Waals surface area (Å²) in [6, 6.07) is 3.26. The van der Waals surface area contributed by atoms with Crippen molar-refractivity contribution in [1.29, 1.82) is 0 Å². The molecule has 2 aromatic rings. The fourth-order valence-electron chi connectivity index (χ4n) is 3.31. The van der Waals surface area contributed by atoms with E-state index in [1.54, 1.807) is 26.0 Å². The van der Waals surface area contributed by atoms with Crippen LogP contribution >= 0.6 is 0 Å². The van der Waals surface area contributed by atoms with Gasteiger partial charge in [-0.05, 0) is 45.2 Å². The quantitative estimate of drug-likeness (QED) is 0.741. The number of aliphatic hydroxyl groups is 1. The lowest BCUT2D eigenvalue weighted by Crippen LogP contribution is -2.34. The van der Waals surface area contributed by atoms with Crippen molar-refractivity contribution in [2.45, 2.75) is 51.2 Å². The van der Waals surface area contributed by atoms with Crippen LogP contribution in [0.3, 0.4) is 0 Å². The highest BCUT2D eigenvalue weighted by atomic mass is 19.1. The van der Waals surface area contributed by atoms with Gasteiger partial charge in [0.2, 0.25) is 11.9 Å². The predicted molar refractivity (Wildman–Crippen MR) is 99.0 cm³/mol. The van der Waals surface area contributed by atoms with Crippen LogP contribution in [0.15, 0.2) is 24.5 Å². The van der Waals surface area contributed by atoms with Crippen molar-refractivity contribution in [3.8, 4) is 11.3 Å². The van der Waals surface area contributed by atoms with Crippen LogP contribution in [0.4, 0.5) is 10.3 Å². The Hall–Kier alpha value is -2.61. The fourth-order valence-corrected chi connectivity index (χ4v) is 3.31. The van der Waals surface area contributed by atoms with Gasteiger partial charge in [-0.2, -0.15) is 0 Å². The number of nitrogens with zero attached hydrogens (tertiary/aromatic N) is 3. The van der Waals surface area contributed by atoms with Gasteiger partial charge < -0.3 is 16.2 Å². The molecule has 4 N–H and O–H groups in total. The highest BCUT2D eigenvalue weighted by molar-refractivity contribution is 5.76. The topological polar surface area (TPSA) is 114 Å². The minimum Gasteiger partial charge on any atom is -0.384 e. The molecular formula is C19H24FN5O2. The molecule has 0 radical (unpaired) electrons. The minimum absolute atomic E-state index is 0.0129. The van der Waals surface area contributed by atoms with E-state index in [1.165, 1.54) is 6.20 Å². The number of aromatic nitrogens is 3. The molecule has 2 aromatic heterocycles. The maximum atomic E-state index is 14.3. The Labute approximate surface area is 157 Å². The fraction of sp³-hybridized carbons (Fsp3) is 0.474. The summed E-state index contributed by atoms with van der Waals surface area (Å²) in [6.07, 6.45) is 5.79. The van der Waals surface area contributed by atoms with Gasteiger partial charge in [-0.1, -0.05) is 6.42 Å². The lowest BCUT2D eigenvalue weighted by atomic mass is 9.85. The van der Waals surface area contributed by atoms with Gasteiger partial charge in [0.25, 0.3) is 0 Å². The van der Waals surface area contributed by atoms with E-state index in [9.17, 15) is 14.3 Å². The molecule has 0 aliphatic heterocycles. The molecule has 1 fully saturated rings. The first-order chi connectivity index (χ1) is 12.7. The lowest BCUT2D eigenvalue weighted by molar-refractivity contribution is -0.122. The van der Waals surface area contributed by atoms with E-state index >= 15 is 0 Å². The number of nitrogens with two attached hydrogens (primary N) is 1. The first-order valence-electron chi connectivity index (χ1n) is 9.01. The van der Waals surface area contributed by atoms with E-state index < -0.39 is 11.4 Å². The molecule has 2 atom stereocenters. The van der Waals surface area contributed by atoms with E-state index in [2.05, 4.69) is 20.3 Å². The number of nitrogens with one attached hydrogen (secondary N) is 1. The summed E-state index contributed by atoms with van der Waals surface area (Å²) >= 11 is 0. The molecule has 1 aliphatic carbocycles. The van der Waals surface area contributed by atoms with Crippen molar-refractivity contribution in [2.75, 3.05) is 5.32 Å². The summed E-state index contributed by atoms with van der Waals surface area (Å²) in [5.74, 6) is -0.723. The zero-order chi connectivity index (χ0) is 19.6. The Balaban J connectivity index is 1.84. The smallest absolute Gasteiger partial charge is 0.223 e. The predicted octanol–water partition coefficient (Wildman–Crippen LogP) is 2.36. The van der Waals surface area contributed by atoms with Gasteiger partial charge in [-0.15, -0.1) is 0 Å². The molecule has 0 aromatic carbocycles. The zero-order valence-corrected chi connectivity index (χ0v) is 15.4. The number of halogens is 1. The normalized spacial score (nSPS) is 20.3. The number of amides is 1. The lowest BCUT2D eigenvalue weighted by Gasteiger charge is -2.28. The van der Waals surface area contributed by atoms with E-state index in [1.807, 2.05) is 0 Å². The highest BCUT2D eigenvalue weighted by Gasteiger charge is 2.26. The number of carbonyl (C=O) groups is 1. The summed E-state index contributed by atoms with van der Waals surface area (Å²) in [6.45, 7) is 3.22. The maximum absolute atomic E-state index is 14.3. The third-order valence-corrected chi connectivity index (χ3v) is 4.81. The number of primary amides is 1. The van der Waals surface area contributed by atoms with Crippen LogP contribution in [0.2, 0.25) is 0 Å². The third-order valence-electron chi connectivity index (χ3n) is 4.81. The van der Waals surface area contributed by atoms with Gasteiger partial charge in [0.1, 0.15) is 11.3 Å². The van der Waals surface area contributed by atoms with Crippen molar-refractivity contribution in [2.24, 2.45) is 11.7 Å². The summed E-state index contributed by atoms with van der Waals surface area (Å²) < 4.78 is 14.3. The van der Waals surface area contributed by atoms with E-state index in [4.69, 9.17) is 5.73 Å². The minimum atomic E-state index is -1.15. The SMILES string of the molecule is CC(C)(O)c1cc(-c2nc(NC3CCCC(C(N)=O)C3)ncc2F)ccn1. The molecule has 3 rings (SSSR count). The Morgan fingerprint density at radius 1 is 1.37 bits per heavy atom. The van der Waals surface area contributed by atoms with Gasteiger partial charge in [-0.3, -0.25) is 9.78 Å². The average molecular weight is 373 g/mol. The first kappa shape index (κ1) is 19.2. The summed E-state index contributed by atoms with van der Waals surface area (Å²) in [5.41, 5.74) is 5.32. The van der Waals surface area contributed by atoms with Crippen molar-refractivity contribution < 1.29 is 14.3 Å². The van der Waals surface area contributed by atoms with E-state index in [0.717, 1.165) is 25.5 Å². The summed E-state index contributed by atoms with van der Waals surface area (Å²) in [7, 11) is 0. The number of anilines is 1. The van der Waals surface area contributed by atoms with Crippen molar-refractivity contribution >= 4 is 11.9 Å². The summed E-state index contributed by atoms with van der Waals surface area (Å²) in [4.78, 5) is 23.9. The van der Waals surface area contributed by atoms with Crippen molar-refractivity contribution in [3.63, 3.8) is 0 Å². The second-order valence-corrected chi connectivity index (χ2v) is 7.49. The molecule has 144 valence electrons. The van der Waals surface area contributed by atoms with Crippen LogP contribution < -0.4 is 11.1 Å². The van der Waals surface area contributed by atoms with Crippen LogP contribution in [0.5, 0.6) is 0 Å². The molecule has 27 heavy (non-hydrogen) atoms. The van der Waals surface area contributed by atoms with E-state index in [0.29, 0.717) is 23.6 Å². The van der Waals surface area contributed by atoms with Crippen LogP contribution in [0, 0.1) is 11.7 Å². The Bertz CT molecular complexity index is 837. The number of pyridine rings is 1. The number of hydrogen-bond donors (Lipinski definition) is 3. The van der Waals surface area contributed by atoms with Gasteiger partial charge in [0.15, 0.2) is 5.82 Å². The second-order valence-electron chi connectivity index (χ2n) is 7.49. The maximum Gasteiger partial charge on any atom is 0.223 e. The van der Waals surface area contributed by atoms with Gasteiger partial charge in [0.05, 0.1) is 11.9 Å². The summed E-state index contributed by atoms with van der Waals surface area (Å²) in [5, 5.41) is 13.3. The molecule has 1 amide bonds. The van der Waals surface area contributed by atoms with E-state index in [-0.39, 0.29) is 23.6 Å². The van der Waals surface area contributed by atoms with Crippen LogP contribution in [-0.4, -0.2) is 32.0 Å². The largest absolute Gasteiger partial charge is 0.384 e. The van der Waals surface area contributed by atoms with Crippen molar-refractivity contribution in [1.82, 2.24) is 15.0 Å². The second kappa shape index (κ2) is 7.56. The molecule has 1 saturated carbocycles. The molecule has 0 saturated heterocycles. The monoisotopic (exact) mass is 373 g/mol. The molecule has 8 heteroatoms. The molecule has 0 bridgehead atoms. The molecule has 2 unspecified atom stereocenters. The van der Waals surface area contributed by atoms with Crippen LogP contribution in [0.25, 0.3) is 11.3 Å². The first-order valence-corrected chi connectivity index (χ1v) is 9.01. The van der Waals surface area contributed by atoms with Crippen LogP contribution in [0.1, 0.15) is 45.2 Å². The van der Waals surface area contributed by atoms with Gasteiger partial charge in [0, 0.05) is 23.7 Å². The molecule has 1 aliphatic rings. The number of rotatable bonds is 5. The highest BCUT2D eigenvalue weighted by Crippen LogP contribution is 2.28. The van der Waals surface area contributed by atoms with Gasteiger partial charge in [-0.25, -0.2) is 14.4 Å². The Morgan fingerprint density at radius 2 is 2.15 bits per heavy atom. The van der Waals surface area contributed by atoms with Crippen molar-refractivity contribution in [3.05, 3.63) is 36.0 Å². The Morgan fingerprint density at radius 3 is 2.85 bits per heavy atom. The third kappa shape index (κ3) is 4.57. The molecule has 2 heterocycles. The molecular weight excluding hydrogens is 349 g/mol. The zero-order valence-electron chi connectivity index (χ0n) is 15.4. The number of hydrogen-bond acceptors (Lipinski definition) is 6. The number of carbonyl (C=O) groups excluding carboxylic acids is 1. The Kier molecular flexibility index (Phi) is 5.36. The molecule has 7 nitrogen and oxygen atoms in total. The van der Waals surface area contributed by atoms with Crippen LogP contribution in [-0.2, 0) is 10.4 Å². The van der Waals surface area contributed by atoms with Gasteiger partial charge >= 0.3 is 0 Å².